The number of aromatic nitrogens is 2. The van der Waals surface area contributed by atoms with Crippen molar-refractivity contribution in [2.24, 2.45) is 0 Å². The van der Waals surface area contributed by atoms with Gasteiger partial charge in [0, 0.05) is 24.7 Å². The van der Waals surface area contributed by atoms with Crippen molar-refractivity contribution in [2.45, 2.75) is 46.2 Å². The van der Waals surface area contributed by atoms with Gasteiger partial charge < -0.3 is 14.4 Å². The fourth-order valence-electron chi connectivity index (χ4n) is 2.34. The maximum Gasteiger partial charge on any atom is 0.410 e. The largest absolute Gasteiger partial charge is 0.465 e. The van der Waals surface area contributed by atoms with Gasteiger partial charge >= 0.3 is 12.1 Å². The van der Waals surface area contributed by atoms with Gasteiger partial charge in [-0.3, -0.25) is 9.48 Å². The first-order valence-electron chi connectivity index (χ1n) is 7.76. The van der Waals surface area contributed by atoms with E-state index in [9.17, 15) is 9.59 Å². The SMILES string of the molecule is CCCCOC(=O)N1CCc2nn(CC(=O)OCC)cc2C1. The van der Waals surface area contributed by atoms with Crippen LogP contribution in [0.4, 0.5) is 4.79 Å². The first-order valence-corrected chi connectivity index (χ1v) is 7.76. The summed E-state index contributed by atoms with van der Waals surface area (Å²) in [6, 6.07) is 0. The van der Waals surface area contributed by atoms with E-state index >= 15 is 0 Å². The molecule has 0 atom stereocenters. The van der Waals surface area contributed by atoms with E-state index in [1.165, 1.54) is 0 Å². The number of fused-ring (bicyclic) bond motifs is 1. The number of carbonyl (C=O) groups is 2. The van der Waals surface area contributed by atoms with Crippen LogP contribution in [0.5, 0.6) is 0 Å². The number of hydrogen-bond acceptors (Lipinski definition) is 5. The van der Waals surface area contributed by atoms with E-state index in [1.807, 2.05) is 0 Å². The molecule has 2 rings (SSSR count). The third-order valence-electron chi connectivity index (χ3n) is 3.48. The summed E-state index contributed by atoms with van der Waals surface area (Å²) >= 11 is 0. The predicted octanol–water partition coefficient (Wildman–Crippen LogP) is 1.74. The summed E-state index contributed by atoms with van der Waals surface area (Å²) in [6.07, 6.45) is 4.07. The number of ether oxygens (including phenoxy) is 2. The van der Waals surface area contributed by atoms with Crippen LogP contribution in [0.15, 0.2) is 6.20 Å². The Hall–Kier alpha value is -2.05. The molecular weight excluding hydrogens is 286 g/mol. The fraction of sp³-hybridized carbons (Fsp3) is 0.667. The summed E-state index contributed by atoms with van der Waals surface area (Å²) in [6.45, 7) is 5.81. The third-order valence-corrected chi connectivity index (χ3v) is 3.48. The van der Waals surface area contributed by atoms with Gasteiger partial charge in [-0.25, -0.2) is 4.79 Å². The lowest BCUT2D eigenvalue weighted by Gasteiger charge is -2.25. The molecular formula is C15H23N3O4. The van der Waals surface area contributed by atoms with Gasteiger partial charge in [0.15, 0.2) is 0 Å². The normalized spacial score (nSPS) is 13.6. The molecule has 0 aromatic carbocycles. The number of carbonyl (C=O) groups excluding carboxylic acids is 2. The maximum atomic E-state index is 12.0. The van der Waals surface area contributed by atoms with Crippen LogP contribution in [-0.2, 0) is 33.8 Å². The van der Waals surface area contributed by atoms with Crippen LogP contribution in [0.25, 0.3) is 0 Å². The molecule has 0 fully saturated rings. The van der Waals surface area contributed by atoms with E-state index in [4.69, 9.17) is 9.47 Å². The Balaban J connectivity index is 1.91. The highest BCUT2D eigenvalue weighted by Gasteiger charge is 2.24. The molecule has 0 radical (unpaired) electrons. The van der Waals surface area contributed by atoms with E-state index in [0.717, 1.165) is 24.1 Å². The molecule has 0 bridgehead atoms. The van der Waals surface area contributed by atoms with E-state index < -0.39 is 0 Å². The number of unbranched alkanes of at least 4 members (excludes halogenated alkanes) is 1. The Morgan fingerprint density at radius 3 is 2.86 bits per heavy atom. The molecule has 22 heavy (non-hydrogen) atoms. The van der Waals surface area contributed by atoms with E-state index in [-0.39, 0.29) is 18.6 Å². The van der Waals surface area contributed by atoms with Crippen LogP contribution < -0.4 is 0 Å². The van der Waals surface area contributed by atoms with Gasteiger partial charge in [0.05, 0.1) is 25.5 Å². The summed E-state index contributed by atoms with van der Waals surface area (Å²) in [5.74, 6) is -0.307. The van der Waals surface area contributed by atoms with Gasteiger partial charge in [-0.1, -0.05) is 13.3 Å². The van der Waals surface area contributed by atoms with Gasteiger partial charge in [-0.2, -0.15) is 5.10 Å². The topological polar surface area (TPSA) is 73.7 Å². The zero-order chi connectivity index (χ0) is 15.9. The number of hydrogen-bond donors (Lipinski definition) is 0. The summed E-state index contributed by atoms with van der Waals surface area (Å²) in [5.41, 5.74) is 1.89. The Labute approximate surface area is 130 Å². The first kappa shape index (κ1) is 16.3. The van der Waals surface area contributed by atoms with Crippen molar-refractivity contribution >= 4 is 12.1 Å². The zero-order valence-electron chi connectivity index (χ0n) is 13.2. The van der Waals surface area contributed by atoms with Crippen LogP contribution in [0, 0.1) is 0 Å². The molecule has 122 valence electrons. The summed E-state index contributed by atoms with van der Waals surface area (Å²) in [7, 11) is 0. The standard InChI is InChI=1S/C15H23N3O4/c1-3-5-8-22-15(20)17-7-6-13-12(9-17)10-18(16-13)11-14(19)21-4-2/h10H,3-9,11H2,1-2H3. The molecule has 0 N–H and O–H groups in total. The minimum absolute atomic E-state index is 0.0990. The monoisotopic (exact) mass is 309 g/mol. The first-order chi connectivity index (χ1) is 10.6. The Morgan fingerprint density at radius 1 is 1.32 bits per heavy atom. The molecule has 1 amide bonds. The molecule has 1 aliphatic heterocycles. The Morgan fingerprint density at radius 2 is 2.14 bits per heavy atom. The van der Waals surface area contributed by atoms with E-state index in [2.05, 4.69) is 12.0 Å². The number of amides is 1. The molecule has 1 aromatic rings. The summed E-state index contributed by atoms with van der Waals surface area (Å²) in [4.78, 5) is 25.1. The smallest absolute Gasteiger partial charge is 0.410 e. The lowest BCUT2D eigenvalue weighted by atomic mass is 10.1. The summed E-state index contributed by atoms with van der Waals surface area (Å²) in [5, 5.41) is 4.38. The van der Waals surface area contributed by atoms with Crippen LogP contribution in [0.3, 0.4) is 0 Å². The fourth-order valence-corrected chi connectivity index (χ4v) is 2.34. The molecule has 0 spiro atoms. The van der Waals surface area contributed by atoms with Crippen molar-refractivity contribution in [1.29, 1.82) is 0 Å². The van der Waals surface area contributed by atoms with Crippen molar-refractivity contribution in [3.05, 3.63) is 17.5 Å². The van der Waals surface area contributed by atoms with Gasteiger partial charge in [0.25, 0.3) is 0 Å². The maximum absolute atomic E-state index is 12.0. The highest BCUT2D eigenvalue weighted by atomic mass is 16.6. The number of esters is 1. The molecule has 2 heterocycles. The lowest BCUT2D eigenvalue weighted by molar-refractivity contribution is -0.144. The minimum Gasteiger partial charge on any atom is -0.465 e. The van der Waals surface area contributed by atoms with Crippen molar-refractivity contribution in [2.75, 3.05) is 19.8 Å². The lowest BCUT2D eigenvalue weighted by Crippen LogP contribution is -2.36. The highest BCUT2D eigenvalue weighted by Crippen LogP contribution is 2.18. The van der Waals surface area contributed by atoms with Gasteiger partial charge in [-0.15, -0.1) is 0 Å². The number of rotatable bonds is 6. The Kier molecular flexibility index (Phi) is 5.80. The molecule has 0 saturated carbocycles. The molecule has 7 heteroatoms. The second kappa shape index (κ2) is 7.82. The van der Waals surface area contributed by atoms with E-state index in [0.29, 0.717) is 32.7 Å². The quantitative estimate of drug-likeness (QED) is 0.591. The van der Waals surface area contributed by atoms with Crippen LogP contribution in [0.1, 0.15) is 37.9 Å². The van der Waals surface area contributed by atoms with Crippen molar-refractivity contribution in [3.8, 4) is 0 Å². The van der Waals surface area contributed by atoms with Crippen molar-refractivity contribution < 1.29 is 19.1 Å². The second-order valence-electron chi connectivity index (χ2n) is 5.24. The van der Waals surface area contributed by atoms with Gasteiger partial charge in [0.2, 0.25) is 0 Å². The highest BCUT2D eigenvalue weighted by molar-refractivity contribution is 5.69. The Bertz CT molecular complexity index is 527. The molecule has 0 saturated heterocycles. The summed E-state index contributed by atoms with van der Waals surface area (Å²) < 4.78 is 11.7. The zero-order valence-corrected chi connectivity index (χ0v) is 13.2. The second-order valence-corrected chi connectivity index (χ2v) is 5.24. The molecule has 7 nitrogen and oxygen atoms in total. The van der Waals surface area contributed by atoms with Gasteiger partial charge in [-0.05, 0) is 13.3 Å². The number of nitrogens with zero attached hydrogens (tertiary/aromatic N) is 3. The van der Waals surface area contributed by atoms with Gasteiger partial charge in [0.1, 0.15) is 6.54 Å². The molecule has 0 aliphatic carbocycles. The van der Waals surface area contributed by atoms with Crippen LogP contribution in [-0.4, -0.2) is 46.5 Å². The van der Waals surface area contributed by atoms with Crippen LogP contribution >= 0.6 is 0 Å². The predicted molar refractivity (Wildman–Crippen MR) is 79.2 cm³/mol. The average molecular weight is 309 g/mol. The molecule has 0 unspecified atom stereocenters. The van der Waals surface area contributed by atoms with Crippen molar-refractivity contribution in [3.63, 3.8) is 0 Å². The minimum atomic E-state index is -0.307. The molecule has 1 aliphatic rings. The average Bonchev–Trinajstić information content (AvgIpc) is 2.88. The van der Waals surface area contributed by atoms with E-state index in [1.54, 1.807) is 22.7 Å². The van der Waals surface area contributed by atoms with Crippen LogP contribution in [0.2, 0.25) is 0 Å². The third kappa shape index (κ3) is 4.22. The molecule has 1 aromatic heterocycles. The van der Waals surface area contributed by atoms with Crippen molar-refractivity contribution in [1.82, 2.24) is 14.7 Å².